The van der Waals surface area contributed by atoms with E-state index < -0.39 is 5.41 Å². The molecule has 0 aliphatic heterocycles. The summed E-state index contributed by atoms with van der Waals surface area (Å²) in [5.74, 6) is 0.192. The molecule has 1 aromatic heterocycles. The quantitative estimate of drug-likeness (QED) is 0.332. The van der Waals surface area contributed by atoms with Gasteiger partial charge in [0.05, 0.1) is 12.2 Å². The summed E-state index contributed by atoms with van der Waals surface area (Å²) in [5.41, 5.74) is 6.52. The summed E-state index contributed by atoms with van der Waals surface area (Å²) >= 11 is 0. The number of amides is 1. The van der Waals surface area contributed by atoms with Crippen LogP contribution in [0, 0.1) is 18.3 Å². The number of nitrogens with zero attached hydrogens (tertiary/aromatic N) is 2. The molecule has 108 valence electrons. The molecule has 6 nitrogen and oxygen atoms in total. The van der Waals surface area contributed by atoms with Crippen LogP contribution in [0.15, 0.2) is 23.4 Å². The first kappa shape index (κ1) is 14.3. The van der Waals surface area contributed by atoms with E-state index in [0.717, 1.165) is 11.4 Å². The van der Waals surface area contributed by atoms with Crippen molar-refractivity contribution in [1.82, 2.24) is 10.3 Å². The second-order valence-electron chi connectivity index (χ2n) is 5.53. The van der Waals surface area contributed by atoms with Crippen molar-refractivity contribution in [3.63, 3.8) is 0 Å². The minimum Gasteiger partial charge on any atom is -0.409 e. The van der Waals surface area contributed by atoms with E-state index in [-0.39, 0.29) is 11.7 Å². The van der Waals surface area contributed by atoms with Gasteiger partial charge in [-0.15, -0.1) is 0 Å². The molecule has 0 unspecified atom stereocenters. The van der Waals surface area contributed by atoms with Gasteiger partial charge in [0, 0.05) is 5.69 Å². The molecule has 20 heavy (non-hydrogen) atoms. The number of nitrogens with two attached hydrogens (primary N) is 1. The third-order valence-corrected chi connectivity index (χ3v) is 3.80. The van der Waals surface area contributed by atoms with Gasteiger partial charge >= 0.3 is 0 Å². The molecule has 0 radical (unpaired) electrons. The van der Waals surface area contributed by atoms with E-state index in [4.69, 9.17) is 10.9 Å². The largest absolute Gasteiger partial charge is 0.409 e. The molecular formula is C14H20N4O2. The highest BCUT2D eigenvalue weighted by Gasteiger charge is 2.52. The van der Waals surface area contributed by atoms with Crippen molar-refractivity contribution >= 4 is 11.7 Å². The minimum atomic E-state index is -0.863. The van der Waals surface area contributed by atoms with E-state index in [9.17, 15) is 4.79 Å². The lowest BCUT2D eigenvalue weighted by atomic mass is 9.61. The summed E-state index contributed by atoms with van der Waals surface area (Å²) in [6, 6.07) is 5.65. The van der Waals surface area contributed by atoms with E-state index in [1.54, 1.807) is 0 Å². The Balaban J connectivity index is 2.04. The molecule has 0 atom stereocenters. The molecule has 0 saturated heterocycles. The molecule has 1 aromatic rings. The van der Waals surface area contributed by atoms with Crippen LogP contribution in [0.1, 0.15) is 31.2 Å². The third kappa shape index (κ3) is 2.59. The molecule has 1 aliphatic carbocycles. The fourth-order valence-electron chi connectivity index (χ4n) is 2.77. The number of aryl methyl sites for hydroxylation is 1. The molecule has 0 bridgehead atoms. The molecule has 1 aliphatic rings. The maximum atomic E-state index is 12.3. The Labute approximate surface area is 118 Å². The Morgan fingerprint density at radius 2 is 2.30 bits per heavy atom. The van der Waals surface area contributed by atoms with Crippen LogP contribution in [0.25, 0.3) is 0 Å². The van der Waals surface area contributed by atoms with Gasteiger partial charge in [0.1, 0.15) is 5.41 Å². The number of aromatic nitrogens is 1. The highest BCUT2D eigenvalue weighted by Crippen LogP contribution is 2.45. The predicted octanol–water partition coefficient (Wildman–Crippen LogP) is 1.17. The number of pyridine rings is 1. The number of amidine groups is 1. The van der Waals surface area contributed by atoms with Crippen molar-refractivity contribution in [2.45, 2.75) is 33.2 Å². The number of hydrogen-bond acceptors (Lipinski definition) is 4. The number of carbonyl (C=O) groups excluding carboxylic acids is 1. The van der Waals surface area contributed by atoms with E-state index >= 15 is 0 Å². The number of hydrogen-bond donors (Lipinski definition) is 3. The van der Waals surface area contributed by atoms with Gasteiger partial charge in [0.2, 0.25) is 5.91 Å². The number of carbonyl (C=O) groups is 1. The monoisotopic (exact) mass is 276 g/mol. The van der Waals surface area contributed by atoms with E-state index in [2.05, 4.69) is 15.5 Å². The molecule has 1 amide bonds. The lowest BCUT2D eigenvalue weighted by Gasteiger charge is -2.43. The second kappa shape index (κ2) is 5.48. The average Bonchev–Trinajstić information content (AvgIpc) is 2.40. The summed E-state index contributed by atoms with van der Waals surface area (Å²) < 4.78 is 0. The zero-order valence-corrected chi connectivity index (χ0v) is 11.8. The smallest absolute Gasteiger partial charge is 0.234 e. The standard InChI is InChI=1S/C14H20N4O2/c1-9-6-14(7-9,12(15)18-20)13(19)16-8-11-5-3-4-10(2)17-11/h3-5,9,20H,6-8H2,1-2H3,(H2,15,18)(H,16,19). The molecule has 0 aromatic carbocycles. The van der Waals surface area contributed by atoms with Crippen molar-refractivity contribution in [3.8, 4) is 0 Å². The SMILES string of the molecule is Cc1cccc(CNC(=O)C2(/C(N)=N/O)CC(C)C2)n1. The van der Waals surface area contributed by atoms with Crippen molar-refractivity contribution < 1.29 is 10.0 Å². The van der Waals surface area contributed by atoms with Crippen LogP contribution >= 0.6 is 0 Å². The lowest BCUT2D eigenvalue weighted by Crippen LogP contribution is -2.56. The molecule has 2 rings (SSSR count). The van der Waals surface area contributed by atoms with Gasteiger partial charge in [-0.3, -0.25) is 9.78 Å². The first-order chi connectivity index (χ1) is 9.48. The third-order valence-electron chi connectivity index (χ3n) is 3.80. The Hall–Kier alpha value is -2.11. The summed E-state index contributed by atoms with van der Waals surface area (Å²) in [6.45, 7) is 4.28. The topological polar surface area (TPSA) is 101 Å². The number of oxime groups is 1. The highest BCUT2D eigenvalue weighted by atomic mass is 16.4. The van der Waals surface area contributed by atoms with Gasteiger partial charge in [0.15, 0.2) is 5.84 Å². The molecule has 0 spiro atoms. The summed E-state index contributed by atoms with van der Waals surface area (Å²) in [5, 5.41) is 14.7. The fourth-order valence-corrected chi connectivity index (χ4v) is 2.77. The van der Waals surface area contributed by atoms with Crippen molar-refractivity contribution in [1.29, 1.82) is 0 Å². The van der Waals surface area contributed by atoms with Crippen LogP contribution in [0.3, 0.4) is 0 Å². The Bertz CT molecular complexity index is 536. The molecule has 1 saturated carbocycles. The zero-order chi connectivity index (χ0) is 14.8. The van der Waals surface area contributed by atoms with Gasteiger partial charge in [-0.05, 0) is 37.8 Å². The maximum Gasteiger partial charge on any atom is 0.234 e. The molecule has 4 N–H and O–H groups in total. The van der Waals surface area contributed by atoms with Gasteiger partial charge in [-0.1, -0.05) is 18.1 Å². The van der Waals surface area contributed by atoms with Crippen LogP contribution in [-0.4, -0.2) is 21.9 Å². The van der Waals surface area contributed by atoms with Crippen LogP contribution < -0.4 is 11.1 Å². The second-order valence-corrected chi connectivity index (χ2v) is 5.53. The van der Waals surface area contributed by atoms with Gasteiger partial charge in [0.25, 0.3) is 0 Å². The van der Waals surface area contributed by atoms with Gasteiger partial charge in [-0.2, -0.15) is 0 Å². The summed E-state index contributed by atoms with van der Waals surface area (Å²) in [6.07, 6.45) is 1.21. The van der Waals surface area contributed by atoms with E-state index in [1.807, 2.05) is 32.0 Å². The normalized spacial score (nSPS) is 25.9. The molecule has 6 heteroatoms. The highest BCUT2D eigenvalue weighted by molar-refractivity contribution is 6.07. The van der Waals surface area contributed by atoms with Gasteiger partial charge < -0.3 is 16.3 Å². The Kier molecular flexibility index (Phi) is 3.92. The molecule has 1 heterocycles. The van der Waals surface area contributed by atoms with E-state index in [0.29, 0.717) is 25.3 Å². The molecule has 1 fully saturated rings. The molecular weight excluding hydrogens is 256 g/mol. The Morgan fingerprint density at radius 3 is 2.85 bits per heavy atom. The number of rotatable bonds is 4. The summed E-state index contributed by atoms with van der Waals surface area (Å²) in [7, 11) is 0. The average molecular weight is 276 g/mol. The van der Waals surface area contributed by atoms with Crippen LogP contribution in [0.4, 0.5) is 0 Å². The zero-order valence-electron chi connectivity index (χ0n) is 11.8. The number of nitrogens with one attached hydrogen (secondary N) is 1. The Morgan fingerprint density at radius 1 is 1.60 bits per heavy atom. The minimum absolute atomic E-state index is 0.00898. The van der Waals surface area contributed by atoms with Crippen LogP contribution in [0.5, 0.6) is 0 Å². The lowest BCUT2D eigenvalue weighted by molar-refractivity contribution is -0.133. The fraction of sp³-hybridized carbons (Fsp3) is 0.500. The van der Waals surface area contributed by atoms with Gasteiger partial charge in [-0.25, -0.2) is 0 Å². The van der Waals surface area contributed by atoms with Crippen molar-refractivity contribution in [2.24, 2.45) is 22.2 Å². The van der Waals surface area contributed by atoms with Crippen LogP contribution in [0.2, 0.25) is 0 Å². The van der Waals surface area contributed by atoms with Crippen molar-refractivity contribution in [3.05, 3.63) is 29.6 Å². The van der Waals surface area contributed by atoms with Crippen molar-refractivity contribution in [2.75, 3.05) is 0 Å². The maximum absolute atomic E-state index is 12.3. The first-order valence-electron chi connectivity index (χ1n) is 6.67. The first-order valence-corrected chi connectivity index (χ1v) is 6.67. The van der Waals surface area contributed by atoms with Crippen LogP contribution in [-0.2, 0) is 11.3 Å². The summed E-state index contributed by atoms with van der Waals surface area (Å²) in [4.78, 5) is 16.7. The van der Waals surface area contributed by atoms with E-state index in [1.165, 1.54) is 0 Å². The predicted molar refractivity (Wildman–Crippen MR) is 75.1 cm³/mol.